The molecule has 4 nitrogen and oxygen atoms in total. The number of aliphatic hydroxyl groups is 1. The molecule has 0 aromatic carbocycles. The molecule has 0 bridgehead atoms. The number of aliphatic hydroxyl groups excluding tert-OH is 1. The van der Waals surface area contributed by atoms with Gasteiger partial charge >= 0.3 is 5.97 Å². The summed E-state index contributed by atoms with van der Waals surface area (Å²) in [7, 11) is 0. The van der Waals surface area contributed by atoms with Crippen molar-refractivity contribution in [3.05, 3.63) is 0 Å². The second-order valence-electron chi connectivity index (χ2n) is 4.03. The van der Waals surface area contributed by atoms with E-state index in [1.165, 1.54) is 0 Å². The molecule has 13 heavy (non-hydrogen) atoms. The van der Waals surface area contributed by atoms with Gasteiger partial charge in [-0.1, -0.05) is 0 Å². The van der Waals surface area contributed by atoms with E-state index in [0.29, 0.717) is 11.8 Å². The molecule has 1 heterocycles. The number of likely N-dealkylation sites (tertiary alicyclic amines) is 1. The quantitative estimate of drug-likeness (QED) is 0.627. The van der Waals surface area contributed by atoms with Gasteiger partial charge in [0, 0.05) is 26.2 Å². The Labute approximate surface area is 77.2 Å². The standard InChI is InChI=1S/C9H15NO3/c11-3-1-2-10-4-6-7(5-10)8(6)9(12)13/h6-8,11H,1-5H2,(H,12,13). The fourth-order valence-corrected chi connectivity index (χ4v) is 2.46. The van der Waals surface area contributed by atoms with Gasteiger partial charge < -0.3 is 15.1 Å². The molecule has 1 saturated carbocycles. The van der Waals surface area contributed by atoms with E-state index in [2.05, 4.69) is 4.90 Å². The normalized spacial score (nSPS) is 37.5. The maximum Gasteiger partial charge on any atom is 0.307 e. The first-order chi connectivity index (χ1) is 6.24. The summed E-state index contributed by atoms with van der Waals surface area (Å²) in [6, 6.07) is 0. The Balaban J connectivity index is 1.74. The molecule has 0 aromatic rings. The number of fused-ring (bicyclic) bond motifs is 1. The molecule has 2 unspecified atom stereocenters. The summed E-state index contributed by atoms with van der Waals surface area (Å²) >= 11 is 0. The number of carboxylic acids is 1. The average Bonchev–Trinajstić information content (AvgIpc) is 2.61. The molecule has 4 heteroatoms. The van der Waals surface area contributed by atoms with Crippen LogP contribution in [0.5, 0.6) is 0 Å². The van der Waals surface area contributed by atoms with Gasteiger partial charge in [0.15, 0.2) is 0 Å². The second-order valence-corrected chi connectivity index (χ2v) is 4.03. The third kappa shape index (κ3) is 1.56. The zero-order valence-corrected chi connectivity index (χ0v) is 7.52. The molecule has 2 fully saturated rings. The van der Waals surface area contributed by atoms with Crippen LogP contribution in [0.25, 0.3) is 0 Å². The number of aliphatic carboxylic acids is 1. The van der Waals surface area contributed by atoms with Gasteiger partial charge in [-0.05, 0) is 18.3 Å². The van der Waals surface area contributed by atoms with Crippen molar-refractivity contribution in [3.63, 3.8) is 0 Å². The van der Waals surface area contributed by atoms with E-state index in [9.17, 15) is 4.79 Å². The molecule has 2 rings (SSSR count). The molecule has 1 aliphatic carbocycles. The van der Waals surface area contributed by atoms with Gasteiger partial charge in [-0.2, -0.15) is 0 Å². The van der Waals surface area contributed by atoms with Crippen molar-refractivity contribution in [2.45, 2.75) is 6.42 Å². The van der Waals surface area contributed by atoms with Gasteiger partial charge in [-0.25, -0.2) is 0 Å². The summed E-state index contributed by atoms with van der Waals surface area (Å²) in [4.78, 5) is 12.9. The second kappa shape index (κ2) is 3.27. The summed E-state index contributed by atoms with van der Waals surface area (Å²) in [5.41, 5.74) is 0. The Morgan fingerprint density at radius 3 is 2.46 bits per heavy atom. The SMILES string of the molecule is O=C(O)C1C2CN(CCCO)CC21. The number of rotatable bonds is 4. The van der Waals surface area contributed by atoms with Crippen LogP contribution < -0.4 is 0 Å². The van der Waals surface area contributed by atoms with Crippen LogP contribution in [-0.2, 0) is 4.79 Å². The topological polar surface area (TPSA) is 60.8 Å². The molecule has 0 radical (unpaired) electrons. The molecule has 0 aromatic heterocycles. The molecule has 2 N–H and O–H groups in total. The zero-order chi connectivity index (χ0) is 9.42. The van der Waals surface area contributed by atoms with Gasteiger partial charge in [-0.3, -0.25) is 4.79 Å². The highest BCUT2D eigenvalue weighted by Gasteiger charge is 2.59. The van der Waals surface area contributed by atoms with Crippen molar-refractivity contribution in [2.24, 2.45) is 17.8 Å². The minimum atomic E-state index is -0.628. The van der Waals surface area contributed by atoms with Crippen molar-refractivity contribution in [1.29, 1.82) is 0 Å². The number of hydrogen-bond donors (Lipinski definition) is 2. The predicted molar refractivity (Wildman–Crippen MR) is 46.2 cm³/mol. The van der Waals surface area contributed by atoms with E-state index < -0.39 is 5.97 Å². The fraction of sp³-hybridized carbons (Fsp3) is 0.889. The zero-order valence-electron chi connectivity index (χ0n) is 7.52. The lowest BCUT2D eigenvalue weighted by atomic mass is 10.2. The summed E-state index contributed by atoms with van der Waals surface area (Å²) in [6.45, 7) is 2.98. The van der Waals surface area contributed by atoms with Crippen LogP contribution in [0.3, 0.4) is 0 Å². The van der Waals surface area contributed by atoms with E-state index in [4.69, 9.17) is 10.2 Å². The van der Waals surface area contributed by atoms with Crippen LogP contribution in [-0.4, -0.2) is 47.3 Å². The van der Waals surface area contributed by atoms with E-state index in [1.807, 2.05) is 0 Å². The highest BCUT2D eigenvalue weighted by atomic mass is 16.4. The summed E-state index contributed by atoms with van der Waals surface area (Å²) < 4.78 is 0. The lowest BCUT2D eigenvalue weighted by Crippen LogP contribution is -2.27. The Hall–Kier alpha value is -0.610. The molecule has 0 amide bonds. The predicted octanol–water partition coefficient (Wildman–Crippen LogP) is -0.369. The van der Waals surface area contributed by atoms with Crippen LogP contribution in [0, 0.1) is 17.8 Å². The summed E-state index contributed by atoms with van der Waals surface area (Å²) in [5.74, 6) is 0.106. The van der Waals surface area contributed by atoms with Gasteiger partial charge in [-0.15, -0.1) is 0 Å². The number of nitrogens with zero attached hydrogens (tertiary/aromatic N) is 1. The molecular weight excluding hydrogens is 170 g/mol. The van der Waals surface area contributed by atoms with Crippen LogP contribution in [0.4, 0.5) is 0 Å². The minimum absolute atomic E-state index is 0.0645. The van der Waals surface area contributed by atoms with Crippen molar-refractivity contribution in [3.8, 4) is 0 Å². The van der Waals surface area contributed by atoms with Gasteiger partial charge in [0.2, 0.25) is 0 Å². The Morgan fingerprint density at radius 1 is 1.38 bits per heavy atom. The Bertz CT molecular complexity index is 207. The minimum Gasteiger partial charge on any atom is -0.481 e. The largest absolute Gasteiger partial charge is 0.481 e. The van der Waals surface area contributed by atoms with Gasteiger partial charge in [0.25, 0.3) is 0 Å². The van der Waals surface area contributed by atoms with E-state index in [-0.39, 0.29) is 12.5 Å². The first-order valence-corrected chi connectivity index (χ1v) is 4.80. The molecule has 2 aliphatic rings. The van der Waals surface area contributed by atoms with Gasteiger partial charge in [0.1, 0.15) is 0 Å². The smallest absolute Gasteiger partial charge is 0.307 e. The summed E-state index contributed by atoms with van der Waals surface area (Å²) in [5, 5.41) is 17.4. The van der Waals surface area contributed by atoms with Crippen molar-refractivity contribution >= 4 is 5.97 Å². The van der Waals surface area contributed by atoms with Crippen LogP contribution >= 0.6 is 0 Å². The van der Waals surface area contributed by atoms with Crippen molar-refractivity contribution < 1.29 is 15.0 Å². The number of piperidine rings is 1. The van der Waals surface area contributed by atoms with Crippen molar-refractivity contribution in [1.82, 2.24) is 4.90 Å². The first kappa shape index (κ1) is 8.97. The monoisotopic (exact) mass is 185 g/mol. The van der Waals surface area contributed by atoms with Gasteiger partial charge in [0.05, 0.1) is 5.92 Å². The Morgan fingerprint density at radius 2 is 2.00 bits per heavy atom. The highest BCUT2D eigenvalue weighted by Crippen LogP contribution is 2.51. The molecule has 74 valence electrons. The van der Waals surface area contributed by atoms with E-state index in [0.717, 1.165) is 26.1 Å². The third-order valence-corrected chi connectivity index (χ3v) is 3.19. The molecule has 1 aliphatic heterocycles. The number of carbonyl (C=O) groups is 1. The first-order valence-electron chi connectivity index (χ1n) is 4.80. The average molecular weight is 185 g/mol. The third-order valence-electron chi connectivity index (χ3n) is 3.19. The van der Waals surface area contributed by atoms with Crippen LogP contribution in [0.1, 0.15) is 6.42 Å². The number of carboxylic acid groups (broad SMARTS) is 1. The highest BCUT2D eigenvalue weighted by molar-refractivity contribution is 5.74. The van der Waals surface area contributed by atoms with E-state index >= 15 is 0 Å². The lowest BCUT2D eigenvalue weighted by Gasteiger charge is -2.17. The molecule has 2 atom stereocenters. The maximum absolute atomic E-state index is 10.6. The summed E-state index contributed by atoms with van der Waals surface area (Å²) in [6.07, 6.45) is 0.803. The molecular formula is C9H15NO3. The molecule has 0 spiro atoms. The maximum atomic E-state index is 10.6. The fourth-order valence-electron chi connectivity index (χ4n) is 2.46. The molecule has 1 saturated heterocycles. The van der Waals surface area contributed by atoms with E-state index in [1.54, 1.807) is 0 Å². The van der Waals surface area contributed by atoms with Crippen molar-refractivity contribution in [2.75, 3.05) is 26.2 Å². The van der Waals surface area contributed by atoms with Crippen LogP contribution in [0.15, 0.2) is 0 Å². The number of hydrogen-bond acceptors (Lipinski definition) is 3. The lowest BCUT2D eigenvalue weighted by molar-refractivity contribution is -0.139. The Kier molecular flexibility index (Phi) is 2.26. The van der Waals surface area contributed by atoms with Crippen LogP contribution in [0.2, 0.25) is 0 Å².